The number of ether oxygens (including phenoxy) is 1. The maximum absolute atomic E-state index is 12.2. The van der Waals surface area contributed by atoms with Gasteiger partial charge in [-0.1, -0.05) is 12.1 Å². The summed E-state index contributed by atoms with van der Waals surface area (Å²) in [5, 5.41) is 2.72. The van der Waals surface area contributed by atoms with Crippen molar-refractivity contribution in [1.82, 2.24) is 19.7 Å². The standard InChI is InChI=1S/C16H14F2N4O2/c17-14(18)10-24-12-4-1-3-11(7-12)8-20-15(23)13-9-22-6-2-5-19-16(22)21-13/h1-7,9,14H,8,10H2,(H,20,23). The number of nitrogens with one attached hydrogen (secondary N) is 1. The molecule has 6 nitrogen and oxygen atoms in total. The van der Waals surface area contributed by atoms with Crippen molar-refractivity contribution in [2.24, 2.45) is 0 Å². The van der Waals surface area contributed by atoms with E-state index in [9.17, 15) is 13.6 Å². The topological polar surface area (TPSA) is 68.5 Å². The molecule has 0 aliphatic rings. The Balaban J connectivity index is 1.62. The molecule has 3 rings (SSSR count). The van der Waals surface area contributed by atoms with Crippen molar-refractivity contribution >= 4 is 11.7 Å². The van der Waals surface area contributed by atoms with Gasteiger partial charge in [0.15, 0.2) is 0 Å². The number of aromatic nitrogens is 3. The minimum atomic E-state index is -2.53. The van der Waals surface area contributed by atoms with Crippen LogP contribution in [0.2, 0.25) is 0 Å². The Morgan fingerprint density at radius 2 is 2.21 bits per heavy atom. The number of halogens is 2. The Bertz CT molecular complexity index is 818. The molecule has 0 saturated carbocycles. The highest BCUT2D eigenvalue weighted by molar-refractivity contribution is 5.92. The van der Waals surface area contributed by atoms with Gasteiger partial charge in [-0.2, -0.15) is 0 Å². The van der Waals surface area contributed by atoms with Crippen molar-refractivity contribution in [3.8, 4) is 5.75 Å². The van der Waals surface area contributed by atoms with E-state index in [2.05, 4.69) is 15.3 Å². The molecule has 0 radical (unpaired) electrons. The Morgan fingerprint density at radius 1 is 1.33 bits per heavy atom. The van der Waals surface area contributed by atoms with Crippen molar-refractivity contribution in [3.63, 3.8) is 0 Å². The predicted molar refractivity (Wildman–Crippen MR) is 82.1 cm³/mol. The summed E-state index contributed by atoms with van der Waals surface area (Å²) in [6.45, 7) is -0.434. The zero-order valence-corrected chi connectivity index (χ0v) is 12.5. The molecule has 0 aliphatic carbocycles. The summed E-state index contributed by atoms with van der Waals surface area (Å²) in [5.74, 6) is 0.420. The summed E-state index contributed by atoms with van der Waals surface area (Å²) in [6.07, 6.45) is 2.39. The molecule has 3 aromatic rings. The highest BCUT2D eigenvalue weighted by Gasteiger charge is 2.11. The molecule has 0 aliphatic heterocycles. The van der Waals surface area contributed by atoms with Crippen molar-refractivity contribution in [2.75, 3.05) is 6.61 Å². The number of amides is 1. The van der Waals surface area contributed by atoms with Gasteiger partial charge in [-0.25, -0.2) is 18.7 Å². The molecule has 0 fully saturated rings. The summed E-state index contributed by atoms with van der Waals surface area (Å²) in [6, 6.07) is 8.37. The Labute approximate surface area is 136 Å². The fourth-order valence-electron chi connectivity index (χ4n) is 2.12. The van der Waals surface area contributed by atoms with Crippen molar-refractivity contribution < 1.29 is 18.3 Å². The van der Waals surface area contributed by atoms with Gasteiger partial charge in [-0.3, -0.25) is 9.20 Å². The van der Waals surface area contributed by atoms with E-state index in [0.29, 0.717) is 11.5 Å². The first-order chi connectivity index (χ1) is 11.6. The highest BCUT2D eigenvalue weighted by atomic mass is 19.3. The van der Waals surface area contributed by atoms with Crippen LogP contribution in [0.5, 0.6) is 5.75 Å². The molecule has 0 spiro atoms. The van der Waals surface area contributed by atoms with Crippen LogP contribution < -0.4 is 10.1 Å². The van der Waals surface area contributed by atoms with Crippen LogP contribution >= 0.6 is 0 Å². The lowest BCUT2D eigenvalue weighted by Crippen LogP contribution is -2.23. The number of benzene rings is 1. The van der Waals surface area contributed by atoms with Gasteiger partial charge >= 0.3 is 0 Å². The minimum absolute atomic E-state index is 0.228. The van der Waals surface area contributed by atoms with E-state index in [4.69, 9.17) is 4.74 Å². The first kappa shape index (κ1) is 15.9. The van der Waals surface area contributed by atoms with Gasteiger partial charge in [0.05, 0.1) is 0 Å². The molecule has 0 unspecified atom stereocenters. The average molecular weight is 332 g/mol. The predicted octanol–water partition coefficient (Wildman–Crippen LogP) is 2.30. The molecule has 124 valence electrons. The van der Waals surface area contributed by atoms with Crippen LogP contribution in [-0.2, 0) is 6.54 Å². The first-order valence-corrected chi connectivity index (χ1v) is 7.19. The second kappa shape index (κ2) is 7.03. The van der Waals surface area contributed by atoms with E-state index >= 15 is 0 Å². The Morgan fingerprint density at radius 3 is 3.00 bits per heavy atom. The zero-order chi connectivity index (χ0) is 16.9. The lowest BCUT2D eigenvalue weighted by atomic mass is 10.2. The molecule has 2 aromatic heterocycles. The largest absolute Gasteiger partial charge is 0.488 e. The lowest BCUT2D eigenvalue weighted by Gasteiger charge is -2.08. The fourth-order valence-corrected chi connectivity index (χ4v) is 2.12. The number of hydrogen-bond acceptors (Lipinski definition) is 4. The molecule has 2 heterocycles. The van der Waals surface area contributed by atoms with Gasteiger partial charge in [0.1, 0.15) is 18.1 Å². The van der Waals surface area contributed by atoms with Gasteiger partial charge < -0.3 is 10.1 Å². The summed E-state index contributed by atoms with van der Waals surface area (Å²) in [7, 11) is 0. The number of imidazole rings is 1. The smallest absolute Gasteiger partial charge is 0.272 e. The van der Waals surface area contributed by atoms with Crippen molar-refractivity contribution in [3.05, 3.63) is 60.2 Å². The van der Waals surface area contributed by atoms with Gasteiger partial charge in [0.2, 0.25) is 5.78 Å². The van der Waals surface area contributed by atoms with E-state index < -0.39 is 13.0 Å². The number of alkyl halides is 2. The normalized spacial score (nSPS) is 11.0. The monoisotopic (exact) mass is 332 g/mol. The SMILES string of the molecule is O=C(NCc1cccc(OCC(F)F)c1)c1cn2cccnc2n1. The summed E-state index contributed by atoms with van der Waals surface area (Å²) >= 11 is 0. The molecule has 1 amide bonds. The van der Waals surface area contributed by atoms with Crippen LogP contribution in [0.3, 0.4) is 0 Å². The number of hydrogen-bond donors (Lipinski definition) is 1. The second-order valence-corrected chi connectivity index (χ2v) is 4.99. The molecule has 0 atom stereocenters. The van der Waals surface area contributed by atoms with Crippen LogP contribution in [0.15, 0.2) is 48.9 Å². The van der Waals surface area contributed by atoms with E-state index in [-0.39, 0.29) is 18.1 Å². The van der Waals surface area contributed by atoms with E-state index in [1.165, 1.54) is 0 Å². The fraction of sp³-hybridized carbons (Fsp3) is 0.188. The maximum Gasteiger partial charge on any atom is 0.272 e. The molecule has 1 aromatic carbocycles. The number of nitrogens with zero attached hydrogens (tertiary/aromatic N) is 3. The van der Waals surface area contributed by atoms with Gasteiger partial charge in [0.25, 0.3) is 12.3 Å². The molecule has 8 heteroatoms. The highest BCUT2D eigenvalue weighted by Crippen LogP contribution is 2.14. The summed E-state index contributed by atoms with van der Waals surface area (Å²) in [5.41, 5.74) is 0.982. The molecule has 0 bridgehead atoms. The first-order valence-electron chi connectivity index (χ1n) is 7.19. The van der Waals surface area contributed by atoms with Crippen molar-refractivity contribution in [1.29, 1.82) is 0 Å². The Hall–Kier alpha value is -3.03. The van der Waals surface area contributed by atoms with E-state index in [0.717, 1.165) is 5.56 Å². The van der Waals surface area contributed by atoms with Crippen LogP contribution in [0.1, 0.15) is 16.1 Å². The average Bonchev–Trinajstić information content (AvgIpc) is 3.02. The molecule has 1 N–H and O–H groups in total. The summed E-state index contributed by atoms with van der Waals surface area (Å²) < 4.78 is 30.9. The zero-order valence-electron chi connectivity index (χ0n) is 12.5. The van der Waals surface area contributed by atoms with Gasteiger partial charge in [-0.15, -0.1) is 0 Å². The quantitative estimate of drug-likeness (QED) is 0.752. The number of carbonyl (C=O) groups excluding carboxylic acids is 1. The Kier molecular flexibility index (Phi) is 4.64. The third-order valence-corrected chi connectivity index (χ3v) is 3.20. The van der Waals surface area contributed by atoms with Gasteiger partial charge in [0, 0.05) is 25.1 Å². The minimum Gasteiger partial charge on any atom is -0.488 e. The maximum atomic E-state index is 12.2. The third kappa shape index (κ3) is 3.83. The molecule has 0 saturated heterocycles. The molecular formula is C16H14F2N4O2. The number of carbonyl (C=O) groups is 1. The number of rotatable bonds is 6. The lowest BCUT2D eigenvalue weighted by molar-refractivity contribution is 0.0818. The third-order valence-electron chi connectivity index (χ3n) is 3.20. The molecule has 24 heavy (non-hydrogen) atoms. The second-order valence-electron chi connectivity index (χ2n) is 4.99. The van der Waals surface area contributed by atoms with Crippen molar-refractivity contribution in [2.45, 2.75) is 13.0 Å². The van der Waals surface area contributed by atoms with Crippen LogP contribution in [0.4, 0.5) is 8.78 Å². The molecular weight excluding hydrogens is 318 g/mol. The van der Waals surface area contributed by atoms with Crippen LogP contribution in [0.25, 0.3) is 5.78 Å². The van der Waals surface area contributed by atoms with Crippen LogP contribution in [0, 0.1) is 0 Å². The van der Waals surface area contributed by atoms with Gasteiger partial charge in [-0.05, 0) is 23.8 Å². The van der Waals surface area contributed by atoms with E-state index in [1.54, 1.807) is 53.3 Å². The van der Waals surface area contributed by atoms with Crippen LogP contribution in [-0.4, -0.2) is 33.3 Å². The van der Waals surface area contributed by atoms with E-state index in [1.807, 2.05) is 0 Å². The number of fused-ring (bicyclic) bond motifs is 1. The summed E-state index contributed by atoms with van der Waals surface area (Å²) in [4.78, 5) is 20.3.